The third-order valence-electron chi connectivity index (χ3n) is 3.06. The number of amides is 1. The first kappa shape index (κ1) is 16.5. The maximum absolute atomic E-state index is 11.7. The highest BCUT2D eigenvalue weighted by atomic mass is 16.5. The minimum absolute atomic E-state index is 0.152. The van der Waals surface area contributed by atoms with Gasteiger partial charge in [0.05, 0.1) is 19.4 Å². The molecule has 5 heteroatoms. The van der Waals surface area contributed by atoms with Gasteiger partial charge in [-0.05, 0) is 43.7 Å². The molecular formula is C18H21N3O2. The maximum Gasteiger partial charge on any atom is 0.259 e. The zero-order chi connectivity index (χ0) is 16.5. The molecule has 0 fully saturated rings. The van der Waals surface area contributed by atoms with Crippen molar-refractivity contribution >= 4 is 17.8 Å². The highest BCUT2D eigenvalue weighted by Gasteiger charge is 2.00. The molecule has 5 nitrogen and oxygen atoms in total. The second kappa shape index (κ2) is 8.58. The monoisotopic (exact) mass is 311 g/mol. The standard InChI is InChI=1S/C18H21N3O2/c1-3-23-17-9-7-16(8-10-17)19-13-18(22)21-20-12-15-6-4-5-14(2)11-15/h4-12,19H,3,13H2,1-2H3,(H,21,22)/b20-12-. The van der Waals surface area contributed by atoms with E-state index in [2.05, 4.69) is 15.8 Å². The first-order chi connectivity index (χ1) is 11.2. The number of carbonyl (C=O) groups is 1. The number of hydrazone groups is 1. The van der Waals surface area contributed by atoms with Crippen LogP contribution in [0.25, 0.3) is 0 Å². The second-order valence-electron chi connectivity index (χ2n) is 5.02. The Morgan fingerprint density at radius 3 is 2.70 bits per heavy atom. The summed E-state index contributed by atoms with van der Waals surface area (Å²) in [6.45, 7) is 4.73. The Morgan fingerprint density at radius 1 is 1.22 bits per heavy atom. The fourth-order valence-electron chi connectivity index (χ4n) is 1.99. The summed E-state index contributed by atoms with van der Waals surface area (Å²) in [7, 11) is 0. The normalized spacial score (nSPS) is 10.5. The molecule has 0 aliphatic carbocycles. The number of anilines is 1. The van der Waals surface area contributed by atoms with E-state index in [0.29, 0.717) is 6.61 Å². The molecule has 0 spiro atoms. The third-order valence-corrected chi connectivity index (χ3v) is 3.06. The van der Waals surface area contributed by atoms with Crippen molar-refractivity contribution in [3.8, 4) is 5.75 Å². The molecule has 23 heavy (non-hydrogen) atoms. The third kappa shape index (κ3) is 5.82. The van der Waals surface area contributed by atoms with Crippen molar-refractivity contribution in [1.29, 1.82) is 0 Å². The summed E-state index contributed by atoms with van der Waals surface area (Å²) >= 11 is 0. The Morgan fingerprint density at radius 2 is 2.00 bits per heavy atom. The van der Waals surface area contributed by atoms with E-state index in [1.807, 2.05) is 62.4 Å². The van der Waals surface area contributed by atoms with Crippen LogP contribution in [0.1, 0.15) is 18.1 Å². The lowest BCUT2D eigenvalue weighted by molar-refractivity contribution is -0.119. The molecule has 0 aliphatic heterocycles. The molecular weight excluding hydrogens is 290 g/mol. The number of carbonyl (C=O) groups excluding carboxylic acids is 1. The zero-order valence-corrected chi connectivity index (χ0v) is 13.4. The molecule has 2 aromatic carbocycles. The molecule has 2 rings (SSSR count). The molecule has 0 aromatic heterocycles. The van der Waals surface area contributed by atoms with Gasteiger partial charge in [-0.3, -0.25) is 4.79 Å². The molecule has 0 bridgehead atoms. The Hall–Kier alpha value is -2.82. The topological polar surface area (TPSA) is 62.7 Å². The molecule has 0 unspecified atom stereocenters. The van der Waals surface area contributed by atoms with E-state index < -0.39 is 0 Å². The Kier molecular flexibility index (Phi) is 6.17. The second-order valence-corrected chi connectivity index (χ2v) is 5.02. The highest BCUT2D eigenvalue weighted by Crippen LogP contribution is 2.15. The minimum atomic E-state index is -0.206. The number of nitrogens with one attached hydrogen (secondary N) is 2. The smallest absolute Gasteiger partial charge is 0.259 e. The van der Waals surface area contributed by atoms with Crippen molar-refractivity contribution in [2.75, 3.05) is 18.5 Å². The van der Waals surface area contributed by atoms with E-state index in [4.69, 9.17) is 4.74 Å². The van der Waals surface area contributed by atoms with Gasteiger partial charge in [-0.2, -0.15) is 5.10 Å². The van der Waals surface area contributed by atoms with Gasteiger partial charge in [0.25, 0.3) is 5.91 Å². The van der Waals surface area contributed by atoms with Crippen LogP contribution in [0.2, 0.25) is 0 Å². The number of benzene rings is 2. The fourth-order valence-corrected chi connectivity index (χ4v) is 1.99. The summed E-state index contributed by atoms with van der Waals surface area (Å²) in [5.41, 5.74) is 5.45. The Balaban J connectivity index is 1.76. The first-order valence-corrected chi connectivity index (χ1v) is 7.52. The van der Waals surface area contributed by atoms with Crippen molar-refractivity contribution in [2.45, 2.75) is 13.8 Å². The predicted molar refractivity (Wildman–Crippen MR) is 93.0 cm³/mol. The average Bonchev–Trinajstić information content (AvgIpc) is 2.55. The first-order valence-electron chi connectivity index (χ1n) is 7.52. The highest BCUT2D eigenvalue weighted by molar-refractivity contribution is 5.84. The summed E-state index contributed by atoms with van der Waals surface area (Å²) in [4.78, 5) is 11.7. The van der Waals surface area contributed by atoms with E-state index in [9.17, 15) is 4.79 Å². The van der Waals surface area contributed by atoms with E-state index in [0.717, 1.165) is 22.6 Å². The number of hydrogen-bond donors (Lipinski definition) is 2. The Labute approximate surface area is 136 Å². The SMILES string of the molecule is CCOc1ccc(NCC(=O)N/N=C\c2cccc(C)c2)cc1. The minimum Gasteiger partial charge on any atom is -0.494 e. The molecule has 2 N–H and O–H groups in total. The van der Waals surface area contributed by atoms with Crippen molar-refractivity contribution < 1.29 is 9.53 Å². The van der Waals surface area contributed by atoms with Gasteiger partial charge >= 0.3 is 0 Å². The maximum atomic E-state index is 11.7. The lowest BCUT2D eigenvalue weighted by atomic mass is 10.2. The number of aryl methyl sites for hydroxylation is 1. The van der Waals surface area contributed by atoms with Crippen LogP contribution in [0.4, 0.5) is 5.69 Å². The van der Waals surface area contributed by atoms with Crippen LogP contribution >= 0.6 is 0 Å². The molecule has 0 aliphatic rings. The van der Waals surface area contributed by atoms with E-state index in [1.54, 1.807) is 6.21 Å². The van der Waals surface area contributed by atoms with Gasteiger partial charge in [-0.25, -0.2) is 5.43 Å². The van der Waals surface area contributed by atoms with Gasteiger partial charge in [-0.15, -0.1) is 0 Å². The van der Waals surface area contributed by atoms with Gasteiger partial charge in [0.1, 0.15) is 5.75 Å². The lowest BCUT2D eigenvalue weighted by Gasteiger charge is -2.07. The molecule has 0 heterocycles. The van der Waals surface area contributed by atoms with Crippen molar-refractivity contribution in [3.05, 3.63) is 59.7 Å². The quantitative estimate of drug-likeness (QED) is 0.610. The average molecular weight is 311 g/mol. The van der Waals surface area contributed by atoms with Crippen LogP contribution in [0.15, 0.2) is 53.6 Å². The van der Waals surface area contributed by atoms with Crippen LogP contribution in [-0.4, -0.2) is 25.3 Å². The zero-order valence-electron chi connectivity index (χ0n) is 13.4. The molecule has 0 atom stereocenters. The lowest BCUT2D eigenvalue weighted by Crippen LogP contribution is -2.25. The van der Waals surface area contributed by atoms with E-state index in [-0.39, 0.29) is 12.5 Å². The van der Waals surface area contributed by atoms with Crippen LogP contribution in [0, 0.1) is 6.92 Å². The summed E-state index contributed by atoms with van der Waals surface area (Å²) in [6.07, 6.45) is 1.63. The number of ether oxygens (including phenoxy) is 1. The van der Waals surface area contributed by atoms with E-state index in [1.165, 1.54) is 0 Å². The van der Waals surface area contributed by atoms with Gasteiger partial charge in [0.15, 0.2) is 0 Å². The van der Waals surface area contributed by atoms with Crippen molar-refractivity contribution in [1.82, 2.24) is 5.43 Å². The molecule has 0 radical (unpaired) electrons. The van der Waals surface area contributed by atoms with E-state index >= 15 is 0 Å². The van der Waals surface area contributed by atoms with Gasteiger partial charge in [0, 0.05) is 5.69 Å². The van der Waals surface area contributed by atoms with Gasteiger partial charge < -0.3 is 10.1 Å². The van der Waals surface area contributed by atoms with Gasteiger partial charge in [-0.1, -0.05) is 29.8 Å². The number of hydrogen-bond acceptors (Lipinski definition) is 4. The largest absolute Gasteiger partial charge is 0.494 e. The number of rotatable bonds is 7. The van der Waals surface area contributed by atoms with Crippen LogP contribution in [-0.2, 0) is 4.79 Å². The predicted octanol–water partition coefficient (Wildman–Crippen LogP) is 2.96. The molecule has 0 saturated heterocycles. The van der Waals surface area contributed by atoms with Crippen LogP contribution < -0.4 is 15.5 Å². The molecule has 0 saturated carbocycles. The number of nitrogens with zero attached hydrogens (tertiary/aromatic N) is 1. The molecule has 120 valence electrons. The van der Waals surface area contributed by atoms with Crippen molar-refractivity contribution in [3.63, 3.8) is 0 Å². The summed E-state index contributed by atoms with van der Waals surface area (Å²) < 4.78 is 5.36. The summed E-state index contributed by atoms with van der Waals surface area (Å²) in [5, 5.41) is 6.98. The van der Waals surface area contributed by atoms with Crippen LogP contribution in [0.3, 0.4) is 0 Å². The Bertz CT molecular complexity index is 666. The summed E-state index contributed by atoms with van der Waals surface area (Å²) in [5.74, 6) is 0.605. The summed E-state index contributed by atoms with van der Waals surface area (Å²) in [6, 6.07) is 15.3. The van der Waals surface area contributed by atoms with Crippen molar-refractivity contribution in [2.24, 2.45) is 5.10 Å². The molecule has 2 aromatic rings. The fraction of sp³-hybridized carbons (Fsp3) is 0.222. The molecule has 1 amide bonds. The van der Waals surface area contributed by atoms with Gasteiger partial charge in [0.2, 0.25) is 0 Å². The van der Waals surface area contributed by atoms with Crippen LogP contribution in [0.5, 0.6) is 5.75 Å².